The van der Waals surface area contributed by atoms with Crippen LogP contribution in [0.4, 0.5) is 0 Å². The van der Waals surface area contributed by atoms with Gasteiger partial charge in [0.25, 0.3) is 5.91 Å². The second-order valence-electron chi connectivity index (χ2n) is 6.43. The molecule has 2 aromatic carbocycles. The second-order valence-corrected chi connectivity index (χ2v) is 6.43. The Morgan fingerprint density at radius 3 is 2.32 bits per heavy atom. The van der Waals surface area contributed by atoms with Crippen LogP contribution < -0.4 is 9.47 Å². The summed E-state index contributed by atoms with van der Waals surface area (Å²) in [5.41, 5.74) is 1.70. The van der Waals surface area contributed by atoms with Crippen LogP contribution in [0.5, 0.6) is 11.5 Å². The van der Waals surface area contributed by atoms with Gasteiger partial charge in [0.1, 0.15) is 23.9 Å². The summed E-state index contributed by atoms with van der Waals surface area (Å²) in [6, 6.07) is 15.0. The molecule has 0 fully saturated rings. The lowest BCUT2D eigenvalue weighted by Crippen LogP contribution is -2.30. The summed E-state index contributed by atoms with van der Waals surface area (Å²) in [4.78, 5) is 18.9. The molecule has 0 N–H and O–H groups in total. The van der Waals surface area contributed by atoms with E-state index in [9.17, 15) is 4.79 Å². The average molecular weight is 379 g/mol. The van der Waals surface area contributed by atoms with Gasteiger partial charge in [-0.15, -0.1) is 0 Å². The Hall–Kier alpha value is -3.28. The number of hydrogen-bond acceptors (Lipinski definition) is 4. The Labute approximate surface area is 165 Å². The summed E-state index contributed by atoms with van der Waals surface area (Å²) in [5, 5.41) is 0. The van der Waals surface area contributed by atoms with Crippen molar-refractivity contribution in [2.45, 2.75) is 20.1 Å². The number of benzene rings is 2. The van der Waals surface area contributed by atoms with Crippen molar-refractivity contribution in [1.29, 1.82) is 0 Å². The van der Waals surface area contributed by atoms with Crippen LogP contribution in [0.2, 0.25) is 0 Å². The van der Waals surface area contributed by atoms with Gasteiger partial charge in [0, 0.05) is 38.1 Å². The molecule has 0 radical (unpaired) electrons. The largest absolute Gasteiger partial charge is 0.497 e. The van der Waals surface area contributed by atoms with Crippen LogP contribution in [-0.2, 0) is 20.2 Å². The van der Waals surface area contributed by atoms with Crippen LogP contribution in [0, 0.1) is 0 Å². The van der Waals surface area contributed by atoms with Crippen LogP contribution in [-0.4, -0.2) is 34.0 Å². The van der Waals surface area contributed by atoms with Crippen LogP contribution in [0.3, 0.4) is 0 Å². The molecule has 1 heterocycles. The molecule has 0 bridgehead atoms. The quantitative estimate of drug-likeness (QED) is 0.599. The number of carbonyl (C=O) groups excluding carboxylic acids is 1. The minimum atomic E-state index is -0.00558. The van der Waals surface area contributed by atoms with Gasteiger partial charge >= 0.3 is 0 Å². The zero-order valence-electron chi connectivity index (χ0n) is 16.5. The third kappa shape index (κ3) is 4.71. The third-order valence-electron chi connectivity index (χ3n) is 4.59. The molecule has 0 aliphatic carbocycles. The summed E-state index contributed by atoms with van der Waals surface area (Å²) in [6.07, 6.45) is 3.62. The first-order valence-electron chi connectivity index (χ1n) is 9.22. The number of hydrogen-bond donors (Lipinski definition) is 0. The smallest absolute Gasteiger partial charge is 0.254 e. The van der Waals surface area contributed by atoms with E-state index in [-0.39, 0.29) is 5.91 Å². The molecule has 146 valence electrons. The van der Waals surface area contributed by atoms with Crippen molar-refractivity contribution in [3.05, 3.63) is 77.9 Å². The molecule has 3 rings (SSSR count). The number of ether oxygens (including phenoxy) is 2. The Morgan fingerprint density at radius 1 is 1.07 bits per heavy atom. The van der Waals surface area contributed by atoms with Gasteiger partial charge in [0.2, 0.25) is 0 Å². The van der Waals surface area contributed by atoms with Crippen molar-refractivity contribution in [2.24, 2.45) is 7.05 Å². The Balaban J connectivity index is 1.62. The Morgan fingerprint density at radius 2 is 1.75 bits per heavy atom. The predicted molar refractivity (Wildman–Crippen MR) is 107 cm³/mol. The molecule has 6 nitrogen and oxygen atoms in total. The number of imidazole rings is 1. The molecule has 28 heavy (non-hydrogen) atoms. The zero-order chi connectivity index (χ0) is 19.9. The summed E-state index contributed by atoms with van der Waals surface area (Å²) in [6.45, 7) is 3.54. The molecule has 0 aliphatic rings. The van der Waals surface area contributed by atoms with Gasteiger partial charge in [-0.25, -0.2) is 4.98 Å². The number of aryl methyl sites for hydroxylation is 1. The van der Waals surface area contributed by atoms with E-state index in [2.05, 4.69) is 4.98 Å². The zero-order valence-corrected chi connectivity index (χ0v) is 16.5. The number of aromatic nitrogens is 2. The number of methoxy groups -OCH3 is 1. The molecule has 0 saturated heterocycles. The highest BCUT2D eigenvalue weighted by atomic mass is 16.5. The standard InChI is InChI=1S/C22H25N3O3/c1-4-25(15-17-5-9-19(27-3)10-6-17)22(26)18-7-11-20(12-8-18)28-16-21-23-13-14-24(21)2/h5-14H,4,15-16H2,1-3H3. The molecule has 0 aliphatic heterocycles. The first kappa shape index (κ1) is 19.5. The van der Waals surface area contributed by atoms with Crippen molar-refractivity contribution in [2.75, 3.05) is 13.7 Å². The lowest BCUT2D eigenvalue weighted by Gasteiger charge is -2.21. The predicted octanol–water partition coefficient (Wildman–Crippen LogP) is 3.67. The van der Waals surface area contributed by atoms with Crippen LogP contribution in [0.15, 0.2) is 60.9 Å². The Bertz CT molecular complexity index is 902. The van der Waals surface area contributed by atoms with Crippen LogP contribution >= 0.6 is 0 Å². The first-order chi connectivity index (χ1) is 13.6. The minimum Gasteiger partial charge on any atom is -0.497 e. The average Bonchev–Trinajstić information content (AvgIpc) is 3.15. The molecule has 6 heteroatoms. The maximum Gasteiger partial charge on any atom is 0.254 e. The lowest BCUT2D eigenvalue weighted by atomic mass is 10.1. The molecule has 0 unspecified atom stereocenters. The van der Waals surface area contributed by atoms with Crippen molar-refractivity contribution in [1.82, 2.24) is 14.5 Å². The van der Waals surface area contributed by atoms with Gasteiger partial charge in [0.05, 0.1) is 7.11 Å². The summed E-state index contributed by atoms with van der Waals surface area (Å²) in [7, 11) is 3.57. The van der Waals surface area contributed by atoms with Gasteiger partial charge < -0.3 is 18.9 Å². The third-order valence-corrected chi connectivity index (χ3v) is 4.59. The highest BCUT2D eigenvalue weighted by Gasteiger charge is 2.15. The van der Waals surface area contributed by atoms with Gasteiger partial charge in [-0.3, -0.25) is 4.79 Å². The fraction of sp³-hybridized carbons (Fsp3) is 0.273. The highest BCUT2D eigenvalue weighted by Crippen LogP contribution is 2.17. The molecule has 3 aromatic rings. The van der Waals surface area contributed by atoms with Gasteiger partial charge in [-0.1, -0.05) is 12.1 Å². The van der Waals surface area contributed by atoms with Crippen molar-refractivity contribution < 1.29 is 14.3 Å². The van der Waals surface area contributed by atoms with Crippen LogP contribution in [0.25, 0.3) is 0 Å². The van der Waals surface area contributed by atoms with Crippen molar-refractivity contribution >= 4 is 5.91 Å². The van der Waals surface area contributed by atoms with E-state index >= 15 is 0 Å². The second kappa shape index (κ2) is 9.08. The molecule has 0 atom stereocenters. The normalized spacial score (nSPS) is 10.5. The fourth-order valence-electron chi connectivity index (χ4n) is 2.84. The maximum absolute atomic E-state index is 12.9. The maximum atomic E-state index is 12.9. The summed E-state index contributed by atoms with van der Waals surface area (Å²) < 4.78 is 12.8. The lowest BCUT2D eigenvalue weighted by molar-refractivity contribution is 0.0752. The van der Waals surface area contributed by atoms with E-state index in [0.717, 1.165) is 17.1 Å². The molecule has 1 aromatic heterocycles. The van der Waals surface area contributed by atoms with E-state index in [1.54, 1.807) is 25.4 Å². The van der Waals surface area contributed by atoms with Crippen molar-refractivity contribution in [3.63, 3.8) is 0 Å². The van der Waals surface area contributed by atoms with Gasteiger partial charge in [0.15, 0.2) is 0 Å². The number of amides is 1. The molecular weight excluding hydrogens is 354 g/mol. The topological polar surface area (TPSA) is 56.6 Å². The van der Waals surface area contributed by atoms with E-state index in [1.165, 1.54) is 0 Å². The van der Waals surface area contributed by atoms with E-state index in [4.69, 9.17) is 9.47 Å². The van der Waals surface area contributed by atoms with Gasteiger partial charge in [-0.05, 0) is 48.9 Å². The van der Waals surface area contributed by atoms with E-state index in [1.807, 2.05) is 66.0 Å². The minimum absolute atomic E-state index is 0.00558. The fourth-order valence-corrected chi connectivity index (χ4v) is 2.84. The summed E-state index contributed by atoms with van der Waals surface area (Å²) >= 11 is 0. The number of carbonyl (C=O) groups is 1. The molecule has 1 amide bonds. The first-order valence-corrected chi connectivity index (χ1v) is 9.22. The SMILES string of the molecule is CCN(Cc1ccc(OC)cc1)C(=O)c1ccc(OCc2nccn2C)cc1. The monoisotopic (exact) mass is 379 g/mol. The number of rotatable bonds is 8. The van der Waals surface area contributed by atoms with E-state index in [0.29, 0.717) is 31.0 Å². The van der Waals surface area contributed by atoms with Crippen LogP contribution in [0.1, 0.15) is 28.7 Å². The van der Waals surface area contributed by atoms with E-state index < -0.39 is 0 Å². The number of nitrogens with zero attached hydrogens (tertiary/aromatic N) is 3. The van der Waals surface area contributed by atoms with Gasteiger partial charge in [-0.2, -0.15) is 0 Å². The highest BCUT2D eigenvalue weighted by molar-refractivity contribution is 5.94. The van der Waals surface area contributed by atoms with Crippen molar-refractivity contribution in [3.8, 4) is 11.5 Å². The molecule has 0 spiro atoms. The molecular formula is C22H25N3O3. The summed E-state index contributed by atoms with van der Waals surface area (Å²) in [5.74, 6) is 2.35. The Kier molecular flexibility index (Phi) is 6.32. The molecule has 0 saturated carbocycles.